The lowest BCUT2D eigenvalue weighted by atomic mass is 10.2. The molecule has 76 valence electrons. The number of rotatable bonds is 4. The van der Waals surface area contributed by atoms with Gasteiger partial charge in [-0.3, -0.25) is 4.79 Å². The molecule has 0 aliphatic rings. The van der Waals surface area contributed by atoms with Gasteiger partial charge in [0.05, 0.1) is 6.61 Å². The Hall–Kier alpha value is -1.51. The molecule has 0 spiro atoms. The average molecular weight is 193 g/mol. The standard InChI is InChI=1S/C11H15NO2/c1-3-14-11-7-5-4-6-10(11)8-12-9(2)13/h4-7H,3,8H2,1-2H3,(H,12,13). The van der Waals surface area contributed by atoms with Crippen LogP contribution in [0.4, 0.5) is 0 Å². The van der Waals surface area contributed by atoms with Crippen LogP contribution in [0.2, 0.25) is 0 Å². The molecule has 14 heavy (non-hydrogen) atoms. The van der Waals surface area contributed by atoms with Crippen molar-refractivity contribution in [2.45, 2.75) is 20.4 Å². The molecule has 0 unspecified atom stereocenters. The second-order valence-corrected chi connectivity index (χ2v) is 2.95. The molecule has 1 N–H and O–H groups in total. The predicted octanol–water partition coefficient (Wildman–Crippen LogP) is 1.72. The molecular formula is C11H15NO2. The maximum Gasteiger partial charge on any atom is 0.217 e. The summed E-state index contributed by atoms with van der Waals surface area (Å²) in [7, 11) is 0. The zero-order chi connectivity index (χ0) is 10.4. The molecule has 0 fully saturated rings. The first kappa shape index (κ1) is 10.6. The number of ether oxygens (including phenoxy) is 1. The number of nitrogens with one attached hydrogen (secondary N) is 1. The highest BCUT2D eigenvalue weighted by Crippen LogP contribution is 2.17. The smallest absolute Gasteiger partial charge is 0.217 e. The fourth-order valence-electron chi connectivity index (χ4n) is 1.17. The molecule has 3 heteroatoms. The van der Waals surface area contributed by atoms with Gasteiger partial charge in [-0.05, 0) is 13.0 Å². The molecule has 1 amide bonds. The molecule has 0 saturated carbocycles. The van der Waals surface area contributed by atoms with Crippen molar-refractivity contribution in [1.29, 1.82) is 0 Å². The Morgan fingerprint density at radius 2 is 2.14 bits per heavy atom. The van der Waals surface area contributed by atoms with E-state index in [1.54, 1.807) is 0 Å². The van der Waals surface area contributed by atoms with E-state index in [1.807, 2.05) is 31.2 Å². The van der Waals surface area contributed by atoms with Gasteiger partial charge in [0.2, 0.25) is 5.91 Å². The van der Waals surface area contributed by atoms with Crippen LogP contribution in [0.3, 0.4) is 0 Å². The Morgan fingerprint density at radius 3 is 2.79 bits per heavy atom. The summed E-state index contributed by atoms with van der Waals surface area (Å²) in [5.74, 6) is 0.806. The van der Waals surface area contributed by atoms with E-state index in [-0.39, 0.29) is 5.91 Å². The minimum atomic E-state index is -0.0312. The lowest BCUT2D eigenvalue weighted by Gasteiger charge is -2.09. The van der Waals surface area contributed by atoms with Crippen molar-refractivity contribution < 1.29 is 9.53 Å². The van der Waals surface area contributed by atoms with Crippen LogP contribution in [0.5, 0.6) is 5.75 Å². The van der Waals surface area contributed by atoms with Crippen LogP contribution in [0, 0.1) is 0 Å². The average Bonchev–Trinajstić information content (AvgIpc) is 2.17. The highest BCUT2D eigenvalue weighted by Gasteiger charge is 2.01. The summed E-state index contributed by atoms with van der Waals surface area (Å²) in [6, 6.07) is 7.70. The lowest BCUT2D eigenvalue weighted by molar-refractivity contribution is -0.119. The van der Waals surface area contributed by atoms with Gasteiger partial charge >= 0.3 is 0 Å². The molecule has 0 atom stereocenters. The van der Waals surface area contributed by atoms with Crippen molar-refractivity contribution in [1.82, 2.24) is 5.32 Å². The zero-order valence-electron chi connectivity index (χ0n) is 8.54. The summed E-state index contributed by atoms with van der Waals surface area (Å²) in [4.78, 5) is 10.7. The first-order valence-corrected chi connectivity index (χ1v) is 4.69. The van der Waals surface area contributed by atoms with Crippen molar-refractivity contribution in [3.8, 4) is 5.75 Å². The van der Waals surface area contributed by atoms with Gasteiger partial charge in [0.15, 0.2) is 0 Å². The van der Waals surface area contributed by atoms with Crippen LogP contribution in [0.1, 0.15) is 19.4 Å². The Bertz CT molecular complexity index is 310. The molecule has 0 aliphatic heterocycles. The van der Waals surface area contributed by atoms with E-state index in [4.69, 9.17) is 4.74 Å². The molecule has 0 bridgehead atoms. The van der Waals surface area contributed by atoms with Crippen molar-refractivity contribution in [2.75, 3.05) is 6.61 Å². The molecule has 0 aliphatic carbocycles. The summed E-state index contributed by atoms with van der Waals surface area (Å²) < 4.78 is 5.42. The Morgan fingerprint density at radius 1 is 1.43 bits per heavy atom. The van der Waals surface area contributed by atoms with Crippen molar-refractivity contribution in [3.05, 3.63) is 29.8 Å². The number of hydrogen-bond donors (Lipinski definition) is 1. The topological polar surface area (TPSA) is 38.3 Å². The highest BCUT2D eigenvalue weighted by atomic mass is 16.5. The van der Waals surface area contributed by atoms with Gasteiger partial charge < -0.3 is 10.1 Å². The van der Waals surface area contributed by atoms with Crippen LogP contribution >= 0.6 is 0 Å². The molecule has 0 aromatic heterocycles. The number of benzene rings is 1. The monoisotopic (exact) mass is 193 g/mol. The van der Waals surface area contributed by atoms with E-state index < -0.39 is 0 Å². The fourth-order valence-corrected chi connectivity index (χ4v) is 1.17. The third-order valence-electron chi connectivity index (χ3n) is 1.80. The Balaban J connectivity index is 2.68. The number of hydrogen-bond acceptors (Lipinski definition) is 2. The number of amides is 1. The number of carbonyl (C=O) groups is 1. The maximum absolute atomic E-state index is 10.7. The summed E-state index contributed by atoms with van der Waals surface area (Å²) in [5.41, 5.74) is 1.00. The van der Waals surface area contributed by atoms with Crippen molar-refractivity contribution >= 4 is 5.91 Å². The largest absolute Gasteiger partial charge is 0.494 e. The normalized spacial score (nSPS) is 9.57. The van der Waals surface area contributed by atoms with Gasteiger partial charge in [-0.15, -0.1) is 0 Å². The van der Waals surface area contributed by atoms with Crippen LogP contribution < -0.4 is 10.1 Å². The quantitative estimate of drug-likeness (QED) is 0.790. The first-order chi connectivity index (χ1) is 6.74. The summed E-state index contributed by atoms with van der Waals surface area (Å²) in [6.45, 7) is 4.60. The molecule has 0 radical (unpaired) electrons. The van der Waals surface area contributed by atoms with Crippen LogP contribution in [0.15, 0.2) is 24.3 Å². The van der Waals surface area contributed by atoms with Crippen molar-refractivity contribution in [2.24, 2.45) is 0 Å². The molecule has 1 rings (SSSR count). The van der Waals surface area contributed by atoms with E-state index in [9.17, 15) is 4.79 Å². The van der Waals surface area contributed by atoms with Gasteiger partial charge in [0, 0.05) is 19.0 Å². The lowest BCUT2D eigenvalue weighted by Crippen LogP contribution is -2.19. The highest BCUT2D eigenvalue weighted by molar-refractivity contribution is 5.72. The minimum Gasteiger partial charge on any atom is -0.494 e. The van der Waals surface area contributed by atoms with Gasteiger partial charge in [-0.2, -0.15) is 0 Å². The van der Waals surface area contributed by atoms with Gasteiger partial charge in [-0.1, -0.05) is 18.2 Å². The predicted molar refractivity (Wildman–Crippen MR) is 55.1 cm³/mol. The Labute approximate surface area is 84.1 Å². The second kappa shape index (κ2) is 5.27. The molecular weight excluding hydrogens is 178 g/mol. The van der Waals surface area contributed by atoms with Crippen LogP contribution in [-0.2, 0) is 11.3 Å². The van der Waals surface area contributed by atoms with Crippen LogP contribution in [0.25, 0.3) is 0 Å². The first-order valence-electron chi connectivity index (χ1n) is 4.69. The second-order valence-electron chi connectivity index (χ2n) is 2.95. The fraction of sp³-hybridized carbons (Fsp3) is 0.364. The third-order valence-corrected chi connectivity index (χ3v) is 1.80. The summed E-state index contributed by atoms with van der Waals surface area (Å²) in [6.07, 6.45) is 0. The molecule has 1 aromatic carbocycles. The van der Waals surface area contributed by atoms with Gasteiger partial charge in [-0.25, -0.2) is 0 Å². The molecule has 3 nitrogen and oxygen atoms in total. The zero-order valence-corrected chi connectivity index (χ0v) is 8.54. The summed E-state index contributed by atoms with van der Waals surface area (Å²) >= 11 is 0. The van der Waals surface area contributed by atoms with E-state index in [2.05, 4.69) is 5.32 Å². The third kappa shape index (κ3) is 3.09. The van der Waals surface area contributed by atoms with Crippen molar-refractivity contribution in [3.63, 3.8) is 0 Å². The maximum atomic E-state index is 10.7. The molecule has 0 saturated heterocycles. The van der Waals surface area contributed by atoms with E-state index in [0.29, 0.717) is 13.2 Å². The summed E-state index contributed by atoms with van der Waals surface area (Å²) in [5, 5.41) is 2.74. The number of carbonyl (C=O) groups excluding carboxylic acids is 1. The molecule has 0 heterocycles. The number of para-hydroxylation sites is 1. The van der Waals surface area contributed by atoms with E-state index in [0.717, 1.165) is 11.3 Å². The van der Waals surface area contributed by atoms with Crippen LogP contribution in [-0.4, -0.2) is 12.5 Å². The minimum absolute atomic E-state index is 0.0312. The van der Waals surface area contributed by atoms with Gasteiger partial charge in [0.25, 0.3) is 0 Å². The Kier molecular flexibility index (Phi) is 3.98. The van der Waals surface area contributed by atoms with E-state index >= 15 is 0 Å². The van der Waals surface area contributed by atoms with Gasteiger partial charge in [0.1, 0.15) is 5.75 Å². The molecule has 1 aromatic rings. The SMILES string of the molecule is CCOc1ccccc1CNC(C)=O. The van der Waals surface area contributed by atoms with E-state index in [1.165, 1.54) is 6.92 Å².